The van der Waals surface area contributed by atoms with Gasteiger partial charge in [0, 0.05) is 6.54 Å². The largest absolute Gasteiger partial charge is 0.355 e. The maximum Gasteiger partial charge on any atom is 0.267 e. The summed E-state index contributed by atoms with van der Waals surface area (Å²) >= 11 is 1.33. The van der Waals surface area contributed by atoms with Crippen molar-refractivity contribution >= 4 is 34.3 Å². The van der Waals surface area contributed by atoms with Gasteiger partial charge < -0.3 is 5.32 Å². The highest BCUT2D eigenvalue weighted by atomic mass is 32.2. The monoisotopic (exact) mass is 449 g/mol. The standard InChI is InChI=1S/C24H27N5O2S/c1-14(2)13-25-21(30)17(5)32-24-27-26-23-28(24)19-12-7-6-11-18(19)22(31)29(23)20-15(3)9-8-10-16(20)4/h6-12,14,17H,13H2,1-5H3,(H,25,30). The minimum Gasteiger partial charge on any atom is -0.355 e. The van der Waals surface area contributed by atoms with Crippen LogP contribution < -0.4 is 10.9 Å². The molecule has 0 spiro atoms. The molecule has 0 aliphatic carbocycles. The molecular formula is C24H27N5O2S. The molecule has 1 N–H and O–H groups in total. The van der Waals surface area contributed by atoms with Crippen molar-refractivity contribution in [2.45, 2.75) is 45.0 Å². The van der Waals surface area contributed by atoms with E-state index in [0.29, 0.717) is 28.8 Å². The first-order valence-corrected chi connectivity index (χ1v) is 11.6. The average molecular weight is 450 g/mol. The molecule has 2 heterocycles. The number of benzene rings is 2. The van der Waals surface area contributed by atoms with Crippen LogP contribution in [0.5, 0.6) is 0 Å². The van der Waals surface area contributed by atoms with Crippen molar-refractivity contribution in [3.63, 3.8) is 0 Å². The van der Waals surface area contributed by atoms with E-state index in [9.17, 15) is 9.59 Å². The Balaban J connectivity index is 1.91. The van der Waals surface area contributed by atoms with Gasteiger partial charge in [-0.25, -0.2) is 4.57 Å². The molecule has 1 atom stereocenters. The smallest absolute Gasteiger partial charge is 0.267 e. The lowest BCUT2D eigenvalue weighted by atomic mass is 10.1. The third-order valence-electron chi connectivity index (χ3n) is 5.39. The fourth-order valence-corrected chi connectivity index (χ4v) is 4.65. The minimum absolute atomic E-state index is 0.0483. The first-order chi connectivity index (χ1) is 15.3. The molecule has 4 aromatic rings. The molecule has 0 aliphatic rings. The van der Waals surface area contributed by atoms with E-state index in [-0.39, 0.29) is 16.7 Å². The van der Waals surface area contributed by atoms with Crippen molar-refractivity contribution in [3.05, 3.63) is 63.9 Å². The van der Waals surface area contributed by atoms with E-state index in [1.54, 1.807) is 4.57 Å². The van der Waals surface area contributed by atoms with E-state index in [1.807, 2.05) is 67.6 Å². The van der Waals surface area contributed by atoms with E-state index in [2.05, 4.69) is 29.4 Å². The second-order valence-corrected chi connectivity index (χ2v) is 9.72. The third-order valence-corrected chi connectivity index (χ3v) is 6.44. The van der Waals surface area contributed by atoms with Gasteiger partial charge in [-0.3, -0.25) is 14.0 Å². The maximum absolute atomic E-state index is 13.5. The fraction of sp³-hybridized carbons (Fsp3) is 0.333. The average Bonchev–Trinajstić information content (AvgIpc) is 3.17. The van der Waals surface area contributed by atoms with E-state index < -0.39 is 0 Å². The highest BCUT2D eigenvalue weighted by Crippen LogP contribution is 2.27. The van der Waals surface area contributed by atoms with Crippen molar-refractivity contribution in [2.75, 3.05) is 6.54 Å². The van der Waals surface area contributed by atoms with Crippen LogP contribution in [0.3, 0.4) is 0 Å². The number of aromatic nitrogens is 4. The summed E-state index contributed by atoms with van der Waals surface area (Å²) in [7, 11) is 0. The van der Waals surface area contributed by atoms with Gasteiger partial charge in [0.15, 0.2) is 5.16 Å². The molecule has 0 saturated heterocycles. The Morgan fingerprint density at radius 2 is 1.72 bits per heavy atom. The summed E-state index contributed by atoms with van der Waals surface area (Å²) in [6.45, 7) is 10.6. The molecule has 1 unspecified atom stereocenters. The predicted molar refractivity (Wildman–Crippen MR) is 129 cm³/mol. The highest BCUT2D eigenvalue weighted by molar-refractivity contribution is 8.00. The van der Waals surface area contributed by atoms with Crippen LogP contribution in [-0.4, -0.2) is 36.9 Å². The van der Waals surface area contributed by atoms with Crippen LogP contribution in [-0.2, 0) is 4.79 Å². The molecule has 2 aromatic heterocycles. The van der Waals surface area contributed by atoms with Crippen molar-refractivity contribution < 1.29 is 4.79 Å². The number of nitrogens with one attached hydrogen (secondary N) is 1. The van der Waals surface area contributed by atoms with Crippen molar-refractivity contribution in [3.8, 4) is 5.69 Å². The topological polar surface area (TPSA) is 81.3 Å². The van der Waals surface area contributed by atoms with E-state index in [0.717, 1.165) is 22.3 Å². The quantitative estimate of drug-likeness (QED) is 0.452. The number of rotatable bonds is 6. The summed E-state index contributed by atoms with van der Waals surface area (Å²) in [6.07, 6.45) is 0. The summed E-state index contributed by atoms with van der Waals surface area (Å²) < 4.78 is 3.51. The zero-order valence-corrected chi connectivity index (χ0v) is 19.7. The zero-order chi connectivity index (χ0) is 23.0. The lowest BCUT2D eigenvalue weighted by Crippen LogP contribution is -2.33. The summed E-state index contributed by atoms with van der Waals surface area (Å²) in [5.74, 6) is 0.761. The number of carbonyl (C=O) groups is 1. The summed E-state index contributed by atoms with van der Waals surface area (Å²) in [5.41, 5.74) is 3.33. The Labute approximate surface area is 190 Å². The Morgan fingerprint density at radius 1 is 1.03 bits per heavy atom. The number of fused-ring (bicyclic) bond motifs is 3. The molecule has 0 radical (unpaired) electrons. The molecule has 8 heteroatoms. The van der Waals surface area contributed by atoms with Gasteiger partial charge in [0.1, 0.15) is 0 Å². The number of para-hydroxylation sites is 2. The van der Waals surface area contributed by atoms with Gasteiger partial charge in [-0.05, 0) is 49.9 Å². The molecule has 32 heavy (non-hydrogen) atoms. The van der Waals surface area contributed by atoms with Gasteiger partial charge in [0.05, 0.1) is 21.8 Å². The predicted octanol–water partition coefficient (Wildman–Crippen LogP) is 3.90. The fourth-order valence-electron chi connectivity index (χ4n) is 3.77. The van der Waals surface area contributed by atoms with Crippen LogP contribution in [0.25, 0.3) is 22.4 Å². The van der Waals surface area contributed by atoms with Gasteiger partial charge in [-0.2, -0.15) is 0 Å². The summed E-state index contributed by atoms with van der Waals surface area (Å²) in [5, 5.41) is 12.5. The van der Waals surface area contributed by atoms with Gasteiger partial charge in [0.2, 0.25) is 11.7 Å². The molecule has 4 rings (SSSR count). The SMILES string of the molecule is Cc1cccc(C)c1-n1c(=O)c2ccccc2n2c(SC(C)C(=O)NCC(C)C)nnc12. The molecule has 0 bridgehead atoms. The number of amides is 1. The van der Waals surface area contributed by atoms with Crippen LogP contribution >= 0.6 is 11.8 Å². The molecule has 1 amide bonds. The van der Waals surface area contributed by atoms with Crippen LogP contribution in [0, 0.1) is 19.8 Å². The van der Waals surface area contributed by atoms with Crippen LogP contribution in [0.15, 0.2) is 52.4 Å². The van der Waals surface area contributed by atoms with E-state index in [4.69, 9.17) is 0 Å². The molecule has 166 valence electrons. The lowest BCUT2D eigenvalue weighted by Gasteiger charge is -2.16. The molecule has 0 aliphatic heterocycles. The first-order valence-electron chi connectivity index (χ1n) is 10.7. The van der Waals surface area contributed by atoms with E-state index >= 15 is 0 Å². The normalized spacial score (nSPS) is 12.6. The van der Waals surface area contributed by atoms with Gasteiger partial charge in [-0.1, -0.05) is 55.9 Å². The number of hydrogen-bond acceptors (Lipinski definition) is 5. The molecular weight excluding hydrogens is 422 g/mol. The Bertz CT molecular complexity index is 1350. The molecule has 0 saturated carbocycles. The van der Waals surface area contributed by atoms with E-state index in [1.165, 1.54) is 11.8 Å². The highest BCUT2D eigenvalue weighted by Gasteiger charge is 2.23. The van der Waals surface area contributed by atoms with Crippen molar-refractivity contribution in [1.29, 1.82) is 0 Å². The zero-order valence-electron chi connectivity index (χ0n) is 18.9. The molecule has 2 aromatic carbocycles. The number of hydrogen-bond donors (Lipinski definition) is 1. The number of carbonyl (C=O) groups excluding carboxylic acids is 1. The second kappa shape index (κ2) is 8.78. The Morgan fingerprint density at radius 3 is 2.41 bits per heavy atom. The molecule has 7 nitrogen and oxygen atoms in total. The van der Waals surface area contributed by atoms with Crippen molar-refractivity contribution in [2.24, 2.45) is 5.92 Å². The van der Waals surface area contributed by atoms with Gasteiger partial charge in [0.25, 0.3) is 5.56 Å². The maximum atomic E-state index is 13.5. The van der Waals surface area contributed by atoms with Gasteiger partial charge >= 0.3 is 0 Å². The first kappa shape index (κ1) is 22.1. The van der Waals surface area contributed by atoms with Crippen LogP contribution in [0.4, 0.5) is 0 Å². The number of aryl methyl sites for hydroxylation is 2. The number of nitrogens with zero attached hydrogens (tertiary/aromatic N) is 4. The second-order valence-electron chi connectivity index (χ2n) is 8.42. The Kier molecular flexibility index (Phi) is 6.06. The van der Waals surface area contributed by atoms with Crippen LogP contribution in [0.2, 0.25) is 0 Å². The van der Waals surface area contributed by atoms with Crippen molar-refractivity contribution in [1.82, 2.24) is 24.5 Å². The third kappa shape index (κ3) is 3.90. The summed E-state index contributed by atoms with van der Waals surface area (Å²) in [4.78, 5) is 26.1. The van der Waals surface area contributed by atoms with Crippen LogP contribution in [0.1, 0.15) is 31.9 Å². The molecule has 0 fully saturated rings. The minimum atomic E-state index is -0.361. The Hall–Kier alpha value is -3.13. The number of thioether (sulfide) groups is 1. The van der Waals surface area contributed by atoms with Gasteiger partial charge in [-0.15, -0.1) is 10.2 Å². The lowest BCUT2D eigenvalue weighted by molar-refractivity contribution is -0.120. The summed E-state index contributed by atoms with van der Waals surface area (Å²) in [6, 6.07) is 13.4.